The third-order valence-electron chi connectivity index (χ3n) is 9.78. The van der Waals surface area contributed by atoms with E-state index in [9.17, 15) is 37.5 Å². The van der Waals surface area contributed by atoms with Crippen LogP contribution >= 0.6 is 23.2 Å². The van der Waals surface area contributed by atoms with Crippen LogP contribution in [0.25, 0.3) is 0 Å². The Morgan fingerprint density at radius 2 is 1.44 bits per heavy atom. The summed E-state index contributed by atoms with van der Waals surface area (Å²) in [5.41, 5.74) is -1.57. The Bertz CT molecular complexity index is 1980. The topological polar surface area (TPSA) is 104 Å². The standard InChI is InChI=1S/C33H21Cl2F5N2O6/c1-48-14-7-10-19(43)17(11-14)21-15-8-9-16-20(29(45)41(28(16)44)13-5-3-2-4-6-13)18(15)12-32(34)30(46)42(31(47)33(21,32)35)27-25(39)23(37)22(36)24(38)26(27)40/h2-8,10-11,16,18,20-21,43H,9,12H2,1H3/t16-,18+,20-,21+,32+,33-/m0/s1. The zero-order chi connectivity index (χ0) is 34.6. The zero-order valence-corrected chi connectivity index (χ0v) is 26.0. The van der Waals surface area contributed by atoms with Gasteiger partial charge in [-0.15, -0.1) is 23.2 Å². The predicted molar refractivity (Wildman–Crippen MR) is 160 cm³/mol. The predicted octanol–water partition coefficient (Wildman–Crippen LogP) is 5.86. The molecule has 0 radical (unpaired) electrons. The molecule has 48 heavy (non-hydrogen) atoms. The van der Waals surface area contributed by atoms with E-state index in [1.165, 1.54) is 31.4 Å². The highest BCUT2D eigenvalue weighted by atomic mass is 35.5. The Morgan fingerprint density at radius 1 is 0.812 bits per heavy atom. The lowest BCUT2D eigenvalue weighted by Gasteiger charge is -2.50. The summed E-state index contributed by atoms with van der Waals surface area (Å²) in [7, 11) is 1.29. The Morgan fingerprint density at radius 3 is 2.06 bits per heavy atom. The second-order valence-corrected chi connectivity index (χ2v) is 13.2. The van der Waals surface area contributed by atoms with Crippen LogP contribution in [0.3, 0.4) is 0 Å². The van der Waals surface area contributed by atoms with Gasteiger partial charge in [-0.1, -0.05) is 29.8 Å². The molecule has 3 aromatic carbocycles. The van der Waals surface area contributed by atoms with Gasteiger partial charge in [0.25, 0.3) is 11.8 Å². The van der Waals surface area contributed by atoms with E-state index < -0.39 is 104 Å². The smallest absolute Gasteiger partial charge is 0.258 e. The number of alkyl halides is 2. The quantitative estimate of drug-likeness (QED) is 0.0910. The van der Waals surface area contributed by atoms with Crippen molar-refractivity contribution in [2.75, 3.05) is 16.9 Å². The van der Waals surface area contributed by atoms with Gasteiger partial charge < -0.3 is 9.84 Å². The molecule has 0 spiro atoms. The number of hydrogen-bond donors (Lipinski definition) is 1. The van der Waals surface area contributed by atoms with Crippen molar-refractivity contribution in [3.8, 4) is 11.5 Å². The van der Waals surface area contributed by atoms with E-state index in [0.717, 1.165) is 4.90 Å². The Labute approximate surface area is 278 Å². The van der Waals surface area contributed by atoms with E-state index in [0.29, 0.717) is 0 Å². The molecule has 2 aliphatic heterocycles. The summed E-state index contributed by atoms with van der Waals surface area (Å²) in [4.78, 5) is 51.5. The Kier molecular flexibility index (Phi) is 7.19. The molecule has 15 heteroatoms. The van der Waals surface area contributed by atoms with E-state index in [1.807, 2.05) is 0 Å². The van der Waals surface area contributed by atoms with Crippen LogP contribution in [0.5, 0.6) is 11.5 Å². The minimum absolute atomic E-state index is 0.0443. The van der Waals surface area contributed by atoms with Crippen molar-refractivity contribution in [1.82, 2.24) is 0 Å². The number of phenolic OH excluding ortho intramolecular Hbond substituents is 1. The summed E-state index contributed by atoms with van der Waals surface area (Å²) < 4.78 is 78.4. The molecule has 7 rings (SSSR count). The van der Waals surface area contributed by atoms with E-state index in [2.05, 4.69) is 0 Å². The van der Waals surface area contributed by atoms with Crippen molar-refractivity contribution < 1.29 is 51.0 Å². The number of aromatic hydroxyl groups is 1. The van der Waals surface area contributed by atoms with Crippen molar-refractivity contribution in [2.45, 2.75) is 28.5 Å². The molecule has 3 fully saturated rings. The van der Waals surface area contributed by atoms with Crippen LogP contribution in [0.15, 0.2) is 60.2 Å². The zero-order valence-electron chi connectivity index (χ0n) is 24.4. The number of amides is 4. The first-order chi connectivity index (χ1) is 22.7. The summed E-state index contributed by atoms with van der Waals surface area (Å²) >= 11 is 14.2. The van der Waals surface area contributed by atoms with Crippen LogP contribution in [0, 0.1) is 46.8 Å². The number of anilines is 2. The van der Waals surface area contributed by atoms with Gasteiger partial charge in [-0.25, -0.2) is 26.9 Å². The van der Waals surface area contributed by atoms with Crippen LogP contribution in [0.2, 0.25) is 0 Å². The number of nitrogens with zero attached hydrogens (tertiary/aromatic N) is 2. The summed E-state index contributed by atoms with van der Waals surface area (Å²) in [5, 5.41) is 11.1. The average Bonchev–Trinajstić information content (AvgIpc) is 3.42. The molecule has 6 atom stereocenters. The number of allylic oxidation sites excluding steroid dienone is 2. The molecule has 3 aromatic rings. The minimum atomic E-state index is -2.77. The molecular weight excluding hydrogens is 686 g/mol. The molecule has 1 N–H and O–H groups in total. The Hall–Kier alpha value is -4.49. The monoisotopic (exact) mass is 706 g/mol. The molecular formula is C33H21Cl2F5N2O6. The number of rotatable bonds is 4. The number of halogens is 7. The molecule has 248 valence electrons. The van der Waals surface area contributed by atoms with Crippen molar-refractivity contribution in [1.29, 1.82) is 0 Å². The maximum Gasteiger partial charge on any atom is 0.258 e. The number of carbonyl (C=O) groups is 4. The summed E-state index contributed by atoms with van der Waals surface area (Å²) in [6.07, 6.45) is 0.830. The van der Waals surface area contributed by atoms with E-state index in [-0.39, 0.29) is 33.9 Å². The fraction of sp³-hybridized carbons (Fsp3) is 0.273. The van der Waals surface area contributed by atoms with Crippen molar-refractivity contribution in [2.24, 2.45) is 17.8 Å². The molecule has 0 aromatic heterocycles. The number of ether oxygens (including phenoxy) is 1. The van der Waals surface area contributed by atoms with E-state index in [4.69, 9.17) is 27.9 Å². The fourth-order valence-corrected chi connectivity index (χ4v) is 8.56. The maximum atomic E-state index is 15.2. The number of fused-ring (bicyclic) bond motifs is 4. The lowest BCUT2D eigenvalue weighted by atomic mass is 9.56. The molecule has 2 saturated heterocycles. The normalized spacial score (nSPS) is 29.5. The number of phenols is 1. The van der Waals surface area contributed by atoms with Crippen LogP contribution in [-0.2, 0) is 19.2 Å². The number of imide groups is 2. The van der Waals surface area contributed by atoms with Crippen LogP contribution in [0.1, 0.15) is 24.3 Å². The highest BCUT2D eigenvalue weighted by molar-refractivity contribution is 6.58. The second kappa shape index (κ2) is 10.8. The lowest BCUT2D eigenvalue weighted by molar-refractivity contribution is -0.125. The van der Waals surface area contributed by atoms with Crippen molar-refractivity contribution >= 4 is 58.2 Å². The van der Waals surface area contributed by atoms with Crippen molar-refractivity contribution in [3.63, 3.8) is 0 Å². The number of para-hydroxylation sites is 1. The lowest BCUT2D eigenvalue weighted by Crippen LogP contribution is -2.60. The second-order valence-electron chi connectivity index (χ2n) is 12.0. The van der Waals surface area contributed by atoms with Gasteiger partial charge in [-0.2, -0.15) is 0 Å². The van der Waals surface area contributed by atoms with Crippen molar-refractivity contribution in [3.05, 3.63) is 94.8 Å². The van der Waals surface area contributed by atoms with Gasteiger partial charge in [0.05, 0.1) is 24.6 Å². The highest BCUT2D eigenvalue weighted by Gasteiger charge is 2.77. The van der Waals surface area contributed by atoms with E-state index >= 15 is 8.78 Å². The van der Waals surface area contributed by atoms with Gasteiger partial charge in [-0.05, 0) is 49.1 Å². The molecule has 2 heterocycles. The first-order valence-electron chi connectivity index (χ1n) is 14.5. The molecule has 0 unspecified atom stereocenters. The molecule has 2 aliphatic carbocycles. The largest absolute Gasteiger partial charge is 0.508 e. The SMILES string of the molecule is COc1ccc(O)c([C@H]2C3=CC[C@@H]4C(=O)N(c5ccccc5)C(=O)[C@@H]4[C@@H]3C[C@@]3(Cl)C(=O)N(c4c(F)c(F)c(F)c(F)c4F)C(=O)[C@@]23Cl)c1. The maximum absolute atomic E-state index is 15.2. The van der Waals surface area contributed by atoms with Gasteiger partial charge >= 0.3 is 0 Å². The summed E-state index contributed by atoms with van der Waals surface area (Å²) in [6, 6.07) is 11.8. The molecule has 8 nitrogen and oxygen atoms in total. The van der Waals surface area contributed by atoms with Crippen LogP contribution < -0.4 is 14.5 Å². The van der Waals surface area contributed by atoms with Gasteiger partial charge in [0.1, 0.15) is 17.2 Å². The van der Waals surface area contributed by atoms with E-state index in [1.54, 1.807) is 30.3 Å². The number of benzene rings is 3. The summed E-state index contributed by atoms with van der Waals surface area (Å²) in [6.45, 7) is 0. The first-order valence-corrected chi connectivity index (χ1v) is 15.2. The minimum Gasteiger partial charge on any atom is -0.508 e. The summed E-state index contributed by atoms with van der Waals surface area (Å²) in [5.74, 6) is -22.1. The van der Waals surface area contributed by atoms with Gasteiger partial charge in [0.2, 0.25) is 17.6 Å². The molecule has 1 saturated carbocycles. The third-order valence-corrected chi connectivity index (χ3v) is 11.2. The Balaban J connectivity index is 1.46. The van der Waals surface area contributed by atoms with Crippen LogP contribution in [-0.4, -0.2) is 45.6 Å². The number of methoxy groups -OCH3 is 1. The van der Waals surface area contributed by atoms with Crippen LogP contribution in [0.4, 0.5) is 33.3 Å². The fourth-order valence-electron chi connectivity index (χ4n) is 7.63. The van der Waals surface area contributed by atoms with Gasteiger partial charge in [0, 0.05) is 11.5 Å². The number of hydrogen-bond acceptors (Lipinski definition) is 6. The molecule has 4 aliphatic rings. The number of carbonyl (C=O) groups excluding carboxylic acids is 4. The third kappa shape index (κ3) is 3.94. The average molecular weight is 707 g/mol. The van der Waals surface area contributed by atoms with Gasteiger partial charge in [-0.3, -0.25) is 24.1 Å². The first kappa shape index (κ1) is 32.1. The molecule has 4 amide bonds. The highest BCUT2D eigenvalue weighted by Crippen LogP contribution is 2.67. The van der Waals surface area contributed by atoms with Gasteiger partial charge in [0.15, 0.2) is 33.0 Å². The molecule has 0 bridgehead atoms.